The highest BCUT2D eigenvalue weighted by atomic mass is 32.2. The molecule has 2 aromatic carbocycles. The third kappa shape index (κ3) is 4.15. The molecular formula is C23H28N4O4S. The van der Waals surface area contributed by atoms with E-state index in [-0.39, 0.29) is 23.5 Å². The summed E-state index contributed by atoms with van der Waals surface area (Å²) in [7, 11) is -3.56. The van der Waals surface area contributed by atoms with E-state index in [4.69, 9.17) is 0 Å². The first-order chi connectivity index (χ1) is 15.2. The molecule has 0 aromatic heterocycles. The molecule has 2 aliphatic heterocycles. The molecular weight excluding hydrogens is 428 g/mol. The second kappa shape index (κ2) is 8.65. The molecule has 2 saturated heterocycles. The van der Waals surface area contributed by atoms with Crippen molar-refractivity contribution in [2.45, 2.75) is 31.7 Å². The van der Waals surface area contributed by atoms with E-state index in [1.807, 2.05) is 43.0 Å². The number of hydrogen-bond acceptors (Lipinski definition) is 5. The van der Waals surface area contributed by atoms with E-state index < -0.39 is 16.1 Å². The number of benzene rings is 2. The first-order valence-electron chi connectivity index (χ1n) is 10.7. The Kier molecular flexibility index (Phi) is 6.07. The molecule has 2 fully saturated rings. The normalized spacial score (nSPS) is 20.9. The van der Waals surface area contributed by atoms with Gasteiger partial charge in [0, 0.05) is 31.9 Å². The van der Waals surface area contributed by atoms with Gasteiger partial charge >= 0.3 is 6.03 Å². The molecule has 0 spiro atoms. The van der Waals surface area contributed by atoms with Crippen LogP contribution in [0.3, 0.4) is 0 Å². The van der Waals surface area contributed by atoms with Crippen molar-refractivity contribution < 1.29 is 18.0 Å². The molecule has 4 rings (SSSR count). The number of carbonyl (C=O) groups is 2. The summed E-state index contributed by atoms with van der Waals surface area (Å²) in [6.45, 7) is 7.27. The summed E-state index contributed by atoms with van der Waals surface area (Å²) in [6.07, 6.45) is 0. The highest BCUT2D eigenvalue weighted by Crippen LogP contribution is 2.27. The molecule has 0 saturated carbocycles. The monoisotopic (exact) mass is 456 g/mol. The molecule has 170 valence electrons. The fourth-order valence-electron chi connectivity index (χ4n) is 4.07. The highest BCUT2D eigenvalue weighted by molar-refractivity contribution is 7.89. The predicted molar refractivity (Wildman–Crippen MR) is 122 cm³/mol. The number of sulfonamides is 1. The van der Waals surface area contributed by atoms with Gasteiger partial charge in [0.25, 0.3) is 5.91 Å². The SMILES string of the molecule is Cc1ccc(N2C(=O)N(CN3CCN(S(=O)(=O)c4ccc(C)cc4)CC3)C(=O)[C@H]2C)cc1. The minimum absolute atomic E-state index is 0.156. The lowest BCUT2D eigenvalue weighted by molar-refractivity contribution is -0.128. The average molecular weight is 457 g/mol. The van der Waals surface area contributed by atoms with Crippen LogP contribution in [0.5, 0.6) is 0 Å². The number of aryl methyl sites for hydroxylation is 2. The number of anilines is 1. The van der Waals surface area contributed by atoms with E-state index in [2.05, 4.69) is 0 Å². The Morgan fingerprint density at radius 3 is 1.94 bits per heavy atom. The molecule has 0 aliphatic carbocycles. The summed E-state index contributed by atoms with van der Waals surface area (Å²) in [5, 5.41) is 0. The molecule has 0 N–H and O–H groups in total. The average Bonchev–Trinajstić information content (AvgIpc) is 2.98. The van der Waals surface area contributed by atoms with Crippen molar-refractivity contribution in [1.29, 1.82) is 0 Å². The van der Waals surface area contributed by atoms with Gasteiger partial charge < -0.3 is 0 Å². The molecule has 2 aromatic rings. The molecule has 2 heterocycles. The van der Waals surface area contributed by atoms with Crippen LogP contribution in [-0.4, -0.2) is 73.4 Å². The largest absolute Gasteiger partial charge is 0.333 e. The fourth-order valence-corrected chi connectivity index (χ4v) is 5.49. The lowest BCUT2D eigenvalue weighted by Gasteiger charge is -2.35. The third-order valence-electron chi connectivity index (χ3n) is 6.09. The van der Waals surface area contributed by atoms with E-state index in [1.54, 1.807) is 31.2 Å². The van der Waals surface area contributed by atoms with E-state index in [9.17, 15) is 18.0 Å². The minimum atomic E-state index is -3.56. The Bertz CT molecular complexity index is 1110. The van der Waals surface area contributed by atoms with Gasteiger partial charge in [0.2, 0.25) is 10.0 Å². The number of imide groups is 1. The van der Waals surface area contributed by atoms with Crippen LogP contribution in [0.25, 0.3) is 0 Å². The van der Waals surface area contributed by atoms with Crippen molar-refractivity contribution in [1.82, 2.24) is 14.1 Å². The van der Waals surface area contributed by atoms with Crippen molar-refractivity contribution in [3.63, 3.8) is 0 Å². The molecule has 3 amide bonds. The van der Waals surface area contributed by atoms with Gasteiger partial charge in [-0.3, -0.25) is 14.6 Å². The Balaban J connectivity index is 1.40. The lowest BCUT2D eigenvalue weighted by Crippen LogP contribution is -2.52. The number of piperazine rings is 1. The molecule has 0 unspecified atom stereocenters. The number of urea groups is 1. The number of amides is 3. The quantitative estimate of drug-likeness (QED) is 0.646. The topological polar surface area (TPSA) is 81.2 Å². The van der Waals surface area contributed by atoms with Gasteiger partial charge in [-0.05, 0) is 45.0 Å². The van der Waals surface area contributed by atoms with E-state index in [0.717, 1.165) is 11.1 Å². The van der Waals surface area contributed by atoms with Gasteiger partial charge in [0.05, 0.1) is 11.6 Å². The maximum absolute atomic E-state index is 13.0. The van der Waals surface area contributed by atoms with Crippen molar-refractivity contribution in [3.05, 3.63) is 59.7 Å². The Labute approximate surface area is 189 Å². The van der Waals surface area contributed by atoms with Gasteiger partial charge in [-0.2, -0.15) is 4.31 Å². The molecule has 2 aliphatic rings. The van der Waals surface area contributed by atoms with Crippen LogP contribution in [0.2, 0.25) is 0 Å². The van der Waals surface area contributed by atoms with E-state index in [1.165, 1.54) is 14.1 Å². The number of rotatable bonds is 5. The summed E-state index contributed by atoms with van der Waals surface area (Å²) in [5.74, 6) is -0.245. The molecule has 0 radical (unpaired) electrons. The zero-order valence-electron chi connectivity index (χ0n) is 18.6. The van der Waals surface area contributed by atoms with Crippen LogP contribution >= 0.6 is 0 Å². The van der Waals surface area contributed by atoms with Crippen LogP contribution < -0.4 is 4.90 Å². The minimum Gasteiger partial charge on any atom is -0.283 e. The number of hydrogen-bond donors (Lipinski definition) is 0. The Morgan fingerprint density at radius 1 is 0.844 bits per heavy atom. The molecule has 32 heavy (non-hydrogen) atoms. The van der Waals surface area contributed by atoms with Crippen molar-refractivity contribution in [2.24, 2.45) is 0 Å². The first-order valence-corrected chi connectivity index (χ1v) is 12.1. The summed E-state index contributed by atoms with van der Waals surface area (Å²) < 4.78 is 27.3. The number of carbonyl (C=O) groups excluding carboxylic acids is 2. The van der Waals surface area contributed by atoms with Gasteiger partial charge in [-0.1, -0.05) is 35.4 Å². The Hall–Kier alpha value is -2.75. The van der Waals surface area contributed by atoms with Gasteiger partial charge in [0.1, 0.15) is 6.04 Å². The van der Waals surface area contributed by atoms with Crippen LogP contribution in [0.15, 0.2) is 53.4 Å². The first kappa shape index (κ1) is 22.4. The van der Waals surface area contributed by atoms with Crippen LogP contribution in [0.4, 0.5) is 10.5 Å². The fraction of sp³-hybridized carbons (Fsp3) is 0.391. The van der Waals surface area contributed by atoms with Gasteiger partial charge in [-0.15, -0.1) is 0 Å². The van der Waals surface area contributed by atoms with Crippen molar-refractivity contribution in [2.75, 3.05) is 37.7 Å². The maximum atomic E-state index is 13.0. The maximum Gasteiger partial charge on any atom is 0.333 e. The summed E-state index contributed by atoms with van der Waals surface area (Å²) in [5.41, 5.74) is 2.77. The molecule has 9 heteroatoms. The van der Waals surface area contributed by atoms with E-state index >= 15 is 0 Å². The summed E-state index contributed by atoms with van der Waals surface area (Å²) in [6, 6.07) is 13.4. The summed E-state index contributed by atoms with van der Waals surface area (Å²) in [4.78, 5) is 30.8. The predicted octanol–water partition coefficient (Wildman–Crippen LogP) is 2.42. The van der Waals surface area contributed by atoms with Crippen LogP contribution in [0.1, 0.15) is 18.1 Å². The second-order valence-electron chi connectivity index (χ2n) is 8.41. The Morgan fingerprint density at radius 2 is 1.38 bits per heavy atom. The second-order valence-corrected chi connectivity index (χ2v) is 10.3. The smallest absolute Gasteiger partial charge is 0.283 e. The molecule has 8 nitrogen and oxygen atoms in total. The van der Waals surface area contributed by atoms with Crippen LogP contribution in [0, 0.1) is 13.8 Å². The third-order valence-corrected chi connectivity index (χ3v) is 8.00. The zero-order valence-corrected chi connectivity index (χ0v) is 19.4. The van der Waals surface area contributed by atoms with Crippen LogP contribution in [-0.2, 0) is 14.8 Å². The highest BCUT2D eigenvalue weighted by Gasteiger charge is 2.44. The van der Waals surface area contributed by atoms with Gasteiger partial charge in [0.15, 0.2) is 0 Å². The van der Waals surface area contributed by atoms with Gasteiger partial charge in [-0.25, -0.2) is 18.1 Å². The summed E-state index contributed by atoms with van der Waals surface area (Å²) >= 11 is 0. The van der Waals surface area contributed by atoms with Crippen molar-refractivity contribution >= 4 is 27.6 Å². The van der Waals surface area contributed by atoms with E-state index in [0.29, 0.717) is 31.9 Å². The van der Waals surface area contributed by atoms with Crippen molar-refractivity contribution in [3.8, 4) is 0 Å². The molecule has 1 atom stereocenters. The lowest BCUT2D eigenvalue weighted by atomic mass is 10.2. The molecule has 0 bridgehead atoms. The number of nitrogens with zero attached hydrogens (tertiary/aromatic N) is 4. The zero-order chi connectivity index (χ0) is 23.0. The standard InChI is InChI=1S/C23H28N4O4S/c1-17-4-8-20(9-5-17)27-19(3)22(28)26(23(27)29)16-24-12-14-25(15-13-24)32(30,31)21-10-6-18(2)7-11-21/h4-11,19H,12-16H2,1-3H3/t19-/m1/s1.